The Bertz CT molecular complexity index is 1850. The van der Waals surface area contributed by atoms with Crippen LogP contribution >= 0.6 is 0 Å². The minimum Gasteiger partial charge on any atom is -0.493 e. The van der Waals surface area contributed by atoms with E-state index in [4.69, 9.17) is 9.47 Å². The van der Waals surface area contributed by atoms with E-state index in [0.717, 1.165) is 23.0 Å². The first-order valence-electron chi connectivity index (χ1n) is 11.8. The van der Waals surface area contributed by atoms with Gasteiger partial charge in [0.1, 0.15) is 6.20 Å². The van der Waals surface area contributed by atoms with E-state index in [1.54, 1.807) is 42.5 Å². The average molecular weight is 561 g/mol. The molecule has 2 heterocycles. The summed E-state index contributed by atoms with van der Waals surface area (Å²) >= 11 is 0. The van der Waals surface area contributed by atoms with E-state index in [1.165, 1.54) is 37.6 Å². The summed E-state index contributed by atoms with van der Waals surface area (Å²) in [4.78, 5) is 32.0. The number of aromatic nitrogens is 3. The fourth-order valence-electron chi connectivity index (χ4n) is 3.88. The number of para-hydroxylation sites is 1. The predicted molar refractivity (Wildman–Crippen MR) is 143 cm³/mol. The predicted octanol–water partition coefficient (Wildman–Crippen LogP) is 6.07. The fourth-order valence-corrected chi connectivity index (χ4v) is 3.88. The highest BCUT2D eigenvalue weighted by Crippen LogP contribution is 2.33. The molecular weight excluding hydrogens is 543 g/mol. The molecule has 206 valence electrons. The van der Waals surface area contributed by atoms with Crippen molar-refractivity contribution in [1.82, 2.24) is 14.6 Å². The van der Waals surface area contributed by atoms with E-state index in [0.29, 0.717) is 11.1 Å². The first-order chi connectivity index (χ1) is 19.6. The Morgan fingerprint density at radius 2 is 1.80 bits per heavy atom. The molecule has 0 amide bonds. The summed E-state index contributed by atoms with van der Waals surface area (Å²) in [5.74, 6) is 0.526. The Hall–Kier alpha value is -5.59. The van der Waals surface area contributed by atoms with Crippen LogP contribution in [0.3, 0.4) is 0 Å². The maximum Gasteiger partial charge on any atom is 0.416 e. The molecule has 10 nitrogen and oxygen atoms in total. The topological polar surface area (TPSA) is 122 Å². The van der Waals surface area contributed by atoms with Gasteiger partial charge in [0.15, 0.2) is 17.3 Å². The van der Waals surface area contributed by atoms with Crippen LogP contribution in [0.15, 0.2) is 95.0 Å². The molecule has 41 heavy (non-hydrogen) atoms. The molecule has 0 saturated carbocycles. The summed E-state index contributed by atoms with van der Waals surface area (Å²) in [6.07, 6.45) is -2.21. The maximum absolute atomic E-state index is 13.4. The second-order valence-electron chi connectivity index (χ2n) is 8.52. The lowest BCUT2D eigenvalue weighted by molar-refractivity contribution is -0.385. The van der Waals surface area contributed by atoms with Gasteiger partial charge in [-0.25, -0.2) is 9.97 Å². The second kappa shape index (κ2) is 10.9. The monoisotopic (exact) mass is 561 g/mol. The molecule has 0 aliphatic carbocycles. The molecule has 0 unspecified atom stereocenters. The maximum atomic E-state index is 13.4. The van der Waals surface area contributed by atoms with E-state index >= 15 is 0 Å². The third-order valence-electron chi connectivity index (χ3n) is 5.86. The molecule has 0 fully saturated rings. The first-order valence-corrected chi connectivity index (χ1v) is 11.8. The number of halogens is 3. The van der Waals surface area contributed by atoms with E-state index in [1.807, 2.05) is 0 Å². The van der Waals surface area contributed by atoms with E-state index in [9.17, 15) is 28.1 Å². The lowest BCUT2D eigenvalue weighted by Crippen LogP contribution is -2.20. The van der Waals surface area contributed by atoms with Crippen LogP contribution in [-0.2, 0) is 6.18 Å². The lowest BCUT2D eigenvalue weighted by Gasteiger charge is -2.12. The SMILES string of the molecule is COc1cc(C=Nn2c(-c3cccc(C(F)(F)F)c3)nc3ccccc3c2=O)ccc1Oc1ccc([N+](=O)[O-])cn1. The largest absolute Gasteiger partial charge is 0.493 e. The summed E-state index contributed by atoms with van der Waals surface area (Å²) in [5.41, 5.74) is -0.845. The van der Waals surface area contributed by atoms with Gasteiger partial charge in [-0.1, -0.05) is 24.3 Å². The van der Waals surface area contributed by atoms with Gasteiger partial charge in [0.05, 0.1) is 34.7 Å². The highest BCUT2D eigenvalue weighted by Gasteiger charge is 2.31. The van der Waals surface area contributed by atoms with Gasteiger partial charge < -0.3 is 9.47 Å². The Kier molecular flexibility index (Phi) is 7.17. The number of rotatable bonds is 7. The molecule has 3 aromatic carbocycles. The Labute approximate surface area is 229 Å². The van der Waals surface area contributed by atoms with E-state index in [2.05, 4.69) is 15.1 Å². The van der Waals surface area contributed by atoms with Gasteiger partial charge in [-0.15, -0.1) is 0 Å². The summed E-state index contributed by atoms with van der Waals surface area (Å²) in [7, 11) is 1.40. The van der Waals surface area contributed by atoms with Crippen molar-refractivity contribution in [3.8, 4) is 28.8 Å². The highest BCUT2D eigenvalue weighted by molar-refractivity contribution is 5.83. The van der Waals surface area contributed by atoms with E-state index < -0.39 is 22.2 Å². The smallest absolute Gasteiger partial charge is 0.416 e. The van der Waals surface area contributed by atoms with E-state index in [-0.39, 0.29) is 39.8 Å². The molecule has 5 aromatic rings. The van der Waals surface area contributed by atoms with Crippen molar-refractivity contribution in [1.29, 1.82) is 0 Å². The highest BCUT2D eigenvalue weighted by atomic mass is 19.4. The lowest BCUT2D eigenvalue weighted by atomic mass is 10.1. The van der Waals surface area contributed by atoms with Crippen molar-refractivity contribution in [2.24, 2.45) is 5.10 Å². The van der Waals surface area contributed by atoms with Gasteiger partial charge in [0, 0.05) is 17.7 Å². The summed E-state index contributed by atoms with van der Waals surface area (Å²) < 4.78 is 52.2. The fraction of sp³-hybridized carbons (Fsp3) is 0.0714. The molecule has 0 saturated heterocycles. The van der Waals surface area contributed by atoms with Gasteiger partial charge in [-0.3, -0.25) is 14.9 Å². The van der Waals surface area contributed by atoms with Crippen LogP contribution in [0.1, 0.15) is 11.1 Å². The van der Waals surface area contributed by atoms with Crippen molar-refractivity contribution in [3.05, 3.63) is 117 Å². The summed E-state index contributed by atoms with van der Waals surface area (Å²) in [6, 6.07) is 18.2. The van der Waals surface area contributed by atoms with Crippen molar-refractivity contribution in [2.45, 2.75) is 6.18 Å². The molecule has 0 spiro atoms. The van der Waals surface area contributed by atoms with Crippen molar-refractivity contribution >= 4 is 22.8 Å². The summed E-state index contributed by atoms with van der Waals surface area (Å²) in [5, 5.41) is 15.3. The van der Waals surface area contributed by atoms with Gasteiger partial charge in [-0.05, 0) is 48.0 Å². The van der Waals surface area contributed by atoms with Crippen LogP contribution in [0.4, 0.5) is 18.9 Å². The second-order valence-corrected chi connectivity index (χ2v) is 8.52. The minimum absolute atomic E-state index is 0.0526. The molecule has 0 aliphatic rings. The zero-order valence-corrected chi connectivity index (χ0v) is 21.1. The van der Waals surface area contributed by atoms with Crippen LogP contribution < -0.4 is 15.0 Å². The number of nitro groups is 1. The minimum atomic E-state index is -4.59. The quantitative estimate of drug-likeness (QED) is 0.134. The molecule has 0 bridgehead atoms. The zero-order chi connectivity index (χ0) is 29.1. The molecule has 0 N–H and O–H groups in total. The zero-order valence-electron chi connectivity index (χ0n) is 21.1. The molecular formula is C28H18F3N5O5. The number of hydrogen-bond acceptors (Lipinski definition) is 8. The van der Waals surface area contributed by atoms with Gasteiger partial charge in [0.25, 0.3) is 11.2 Å². The Morgan fingerprint density at radius 1 is 1.00 bits per heavy atom. The number of alkyl halides is 3. The molecule has 0 atom stereocenters. The third-order valence-corrected chi connectivity index (χ3v) is 5.86. The Morgan fingerprint density at radius 3 is 2.51 bits per heavy atom. The van der Waals surface area contributed by atoms with Crippen LogP contribution in [0.25, 0.3) is 22.3 Å². The van der Waals surface area contributed by atoms with Crippen LogP contribution in [-0.4, -0.2) is 32.9 Å². The standard InChI is InChI=1S/C28H18F3N5O5/c1-40-24-13-17(9-11-23(24)41-25-12-10-20(16-32-25)36(38)39)15-33-35-26(18-5-4-6-19(14-18)28(29,30)31)34-22-8-3-2-7-21(22)27(35)37/h2-16H,1H3. The van der Waals surface area contributed by atoms with Crippen molar-refractivity contribution < 1.29 is 27.6 Å². The summed E-state index contributed by atoms with van der Waals surface area (Å²) in [6.45, 7) is 0. The molecule has 0 aliphatic heterocycles. The number of fused-ring (bicyclic) bond motifs is 1. The number of methoxy groups -OCH3 is 1. The van der Waals surface area contributed by atoms with Crippen LogP contribution in [0.5, 0.6) is 17.4 Å². The average Bonchev–Trinajstić information content (AvgIpc) is 2.97. The molecule has 0 radical (unpaired) electrons. The molecule has 2 aromatic heterocycles. The number of benzene rings is 3. The molecule has 5 rings (SSSR count). The van der Waals surface area contributed by atoms with Crippen LogP contribution in [0, 0.1) is 10.1 Å². The molecule has 13 heteroatoms. The normalized spacial score (nSPS) is 11.6. The number of nitrogens with zero attached hydrogens (tertiary/aromatic N) is 5. The number of ether oxygens (including phenoxy) is 2. The van der Waals surface area contributed by atoms with Gasteiger partial charge in [-0.2, -0.15) is 22.9 Å². The Balaban J connectivity index is 1.53. The van der Waals surface area contributed by atoms with Crippen molar-refractivity contribution in [2.75, 3.05) is 7.11 Å². The first kappa shape index (κ1) is 27.0. The number of hydrogen-bond donors (Lipinski definition) is 0. The van der Waals surface area contributed by atoms with Crippen molar-refractivity contribution in [3.63, 3.8) is 0 Å². The number of pyridine rings is 1. The van der Waals surface area contributed by atoms with Crippen LogP contribution in [0.2, 0.25) is 0 Å². The van der Waals surface area contributed by atoms with Gasteiger partial charge >= 0.3 is 6.18 Å². The van der Waals surface area contributed by atoms with Gasteiger partial charge in [0.2, 0.25) is 5.88 Å². The third kappa shape index (κ3) is 5.73.